The van der Waals surface area contributed by atoms with Crippen molar-refractivity contribution in [3.63, 3.8) is 0 Å². The van der Waals surface area contributed by atoms with Gasteiger partial charge in [-0.15, -0.1) is 0 Å². The van der Waals surface area contributed by atoms with E-state index < -0.39 is 0 Å². The summed E-state index contributed by atoms with van der Waals surface area (Å²) in [5.41, 5.74) is 2.11. The SMILES string of the molecule is CCC(CNC(C)(C)C)n1nc(C)c(Cl)c1C. The van der Waals surface area contributed by atoms with Crippen molar-refractivity contribution in [3.8, 4) is 0 Å². The predicted molar refractivity (Wildman–Crippen MR) is 73.8 cm³/mol. The van der Waals surface area contributed by atoms with Crippen molar-refractivity contribution in [1.29, 1.82) is 0 Å². The Hall–Kier alpha value is -0.540. The molecule has 0 fully saturated rings. The van der Waals surface area contributed by atoms with Crippen LogP contribution in [0.15, 0.2) is 0 Å². The second-order valence-electron chi connectivity index (χ2n) is 5.62. The van der Waals surface area contributed by atoms with Crippen LogP contribution in [-0.4, -0.2) is 21.9 Å². The van der Waals surface area contributed by atoms with E-state index in [9.17, 15) is 0 Å². The molecule has 1 aromatic heterocycles. The van der Waals surface area contributed by atoms with E-state index in [1.54, 1.807) is 0 Å². The van der Waals surface area contributed by atoms with E-state index in [2.05, 4.69) is 42.8 Å². The summed E-state index contributed by atoms with van der Waals surface area (Å²) >= 11 is 6.19. The maximum atomic E-state index is 6.19. The van der Waals surface area contributed by atoms with Gasteiger partial charge in [0.2, 0.25) is 0 Å². The Balaban J connectivity index is 2.83. The standard InChI is InChI=1S/C13H24ClN3/c1-7-11(8-15-13(4,5)6)17-10(3)12(14)9(2)16-17/h11,15H,7-8H2,1-6H3. The van der Waals surface area contributed by atoms with Gasteiger partial charge in [-0.05, 0) is 41.0 Å². The average Bonchev–Trinajstić information content (AvgIpc) is 2.46. The van der Waals surface area contributed by atoms with Gasteiger partial charge in [0.25, 0.3) is 0 Å². The number of aryl methyl sites for hydroxylation is 1. The Labute approximate surface area is 110 Å². The zero-order valence-corrected chi connectivity index (χ0v) is 12.5. The van der Waals surface area contributed by atoms with Crippen molar-refractivity contribution in [2.45, 2.75) is 59.5 Å². The molecule has 0 aliphatic rings. The number of nitrogens with one attached hydrogen (secondary N) is 1. The summed E-state index contributed by atoms with van der Waals surface area (Å²) in [7, 11) is 0. The van der Waals surface area contributed by atoms with Crippen molar-refractivity contribution in [3.05, 3.63) is 16.4 Å². The molecule has 17 heavy (non-hydrogen) atoms. The van der Waals surface area contributed by atoms with Gasteiger partial charge < -0.3 is 5.32 Å². The molecule has 0 radical (unpaired) electrons. The summed E-state index contributed by atoms with van der Waals surface area (Å²) in [5.74, 6) is 0. The fourth-order valence-corrected chi connectivity index (χ4v) is 1.95. The number of aromatic nitrogens is 2. The topological polar surface area (TPSA) is 29.9 Å². The Morgan fingerprint density at radius 1 is 1.35 bits per heavy atom. The van der Waals surface area contributed by atoms with Gasteiger partial charge in [-0.2, -0.15) is 5.10 Å². The van der Waals surface area contributed by atoms with Gasteiger partial charge in [-0.25, -0.2) is 0 Å². The maximum absolute atomic E-state index is 6.19. The van der Waals surface area contributed by atoms with Gasteiger partial charge >= 0.3 is 0 Å². The highest BCUT2D eigenvalue weighted by atomic mass is 35.5. The monoisotopic (exact) mass is 257 g/mol. The number of nitrogens with zero attached hydrogens (tertiary/aromatic N) is 2. The second-order valence-corrected chi connectivity index (χ2v) is 6.00. The van der Waals surface area contributed by atoms with Crippen molar-refractivity contribution in [1.82, 2.24) is 15.1 Å². The molecule has 0 aliphatic carbocycles. The summed E-state index contributed by atoms with van der Waals surface area (Å²) in [5, 5.41) is 8.84. The summed E-state index contributed by atoms with van der Waals surface area (Å²) < 4.78 is 2.05. The van der Waals surface area contributed by atoms with Crippen LogP contribution in [0.2, 0.25) is 5.02 Å². The van der Waals surface area contributed by atoms with Crippen LogP contribution in [0.1, 0.15) is 51.5 Å². The van der Waals surface area contributed by atoms with E-state index >= 15 is 0 Å². The van der Waals surface area contributed by atoms with E-state index in [4.69, 9.17) is 11.6 Å². The molecule has 98 valence electrons. The molecular weight excluding hydrogens is 234 g/mol. The van der Waals surface area contributed by atoms with Gasteiger partial charge in [-0.1, -0.05) is 18.5 Å². The highest BCUT2D eigenvalue weighted by Crippen LogP contribution is 2.23. The van der Waals surface area contributed by atoms with Crippen LogP contribution in [0.4, 0.5) is 0 Å². The second kappa shape index (κ2) is 5.40. The zero-order chi connectivity index (χ0) is 13.2. The Bertz CT molecular complexity index is 377. The van der Waals surface area contributed by atoms with Crippen LogP contribution in [0, 0.1) is 13.8 Å². The molecular formula is C13H24ClN3. The molecule has 1 unspecified atom stereocenters. The third-order valence-corrected chi connectivity index (χ3v) is 3.47. The van der Waals surface area contributed by atoms with Crippen LogP contribution in [-0.2, 0) is 0 Å². The largest absolute Gasteiger partial charge is 0.310 e. The molecule has 0 aromatic carbocycles. The minimum Gasteiger partial charge on any atom is -0.310 e. The molecule has 0 saturated carbocycles. The van der Waals surface area contributed by atoms with Gasteiger partial charge in [0, 0.05) is 12.1 Å². The summed E-state index contributed by atoms with van der Waals surface area (Å²) in [6.45, 7) is 13.6. The molecule has 0 aliphatic heterocycles. The molecule has 1 N–H and O–H groups in total. The van der Waals surface area contributed by atoms with E-state index in [0.29, 0.717) is 6.04 Å². The number of halogens is 1. The fourth-order valence-electron chi connectivity index (χ4n) is 1.83. The van der Waals surface area contributed by atoms with Crippen LogP contribution in [0.25, 0.3) is 0 Å². The lowest BCUT2D eigenvalue weighted by molar-refractivity contribution is 0.341. The number of hydrogen-bond donors (Lipinski definition) is 1. The molecule has 1 heterocycles. The quantitative estimate of drug-likeness (QED) is 0.895. The predicted octanol–water partition coefficient (Wildman–Crippen LogP) is 3.49. The lowest BCUT2D eigenvalue weighted by Crippen LogP contribution is -2.40. The van der Waals surface area contributed by atoms with Crippen LogP contribution in [0.3, 0.4) is 0 Å². The average molecular weight is 258 g/mol. The number of rotatable bonds is 4. The lowest BCUT2D eigenvalue weighted by Gasteiger charge is -2.25. The zero-order valence-electron chi connectivity index (χ0n) is 11.8. The van der Waals surface area contributed by atoms with Crippen molar-refractivity contribution in [2.24, 2.45) is 0 Å². The molecule has 0 amide bonds. The van der Waals surface area contributed by atoms with Gasteiger partial charge in [0.05, 0.1) is 22.5 Å². The summed E-state index contributed by atoms with van der Waals surface area (Å²) in [6, 6.07) is 0.362. The fraction of sp³-hybridized carbons (Fsp3) is 0.769. The normalized spacial score (nSPS) is 14.1. The van der Waals surface area contributed by atoms with Gasteiger partial charge in [-0.3, -0.25) is 4.68 Å². The maximum Gasteiger partial charge on any atom is 0.0844 e. The lowest BCUT2D eigenvalue weighted by atomic mass is 10.1. The first-order valence-corrected chi connectivity index (χ1v) is 6.60. The molecule has 0 saturated heterocycles. The van der Waals surface area contributed by atoms with Crippen LogP contribution < -0.4 is 5.32 Å². The Kier molecular flexibility index (Phi) is 4.62. The third-order valence-electron chi connectivity index (χ3n) is 2.92. The first-order chi connectivity index (χ1) is 7.76. The highest BCUT2D eigenvalue weighted by Gasteiger charge is 2.18. The van der Waals surface area contributed by atoms with Crippen molar-refractivity contribution < 1.29 is 0 Å². The molecule has 1 atom stereocenters. The van der Waals surface area contributed by atoms with E-state index in [1.165, 1.54) is 0 Å². The molecule has 0 bridgehead atoms. The Morgan fingerprint density at radius 2 is 1.94 bits per heavy atom. The highest BCUT2D eigenvalue weighted by molar-refractivity contribution is 6.31. The van der Waals surface area contributed by atoms with Gasteiger partial charge in [0.1, 0.15) is 0 Å². The van der Waals surface area contributed by atoms with E-state index in [1.807, 2.05) is 13.8 Å². The molecule has 3 nitrogen and oxygen atoms in total. The minimum atomic E-state index is 0.132. The Morgan fingerprint density at radius 3 is 2.29 bits per heavy atom. The summed E-state index contributed by atoms with van der Waals surface area (Å²) in [6.07, 6.45) is 1.04. The smallest absolute Gasteiger partial charge is 0.0844 e. The number of hydrogen-bond acceptors (Lipinski definition) is 2. The molecule has 1 aromatic rings. The minimum absolute atomic E-state index is 0.132. The molecule has 1 rings (SSSR count). The van der Waals surface area contributed by atoms with Crippen LogP contribution in [0.5, 0.6) is 0 Å². The van der Waals surface area contributed by atoms with E-state index in [0.717, 1.165) is 29.4 Å². The first kappa shape index (κ1) is 14.5. The van der Waals surface area contributed by atoms with E-state index in [-0.39, 0.29) is 5.54 Å². The molecule has 0 spiro atoms. The van der Waals surface area contributed by atoms with Crippen molar-refractivity contribution >= 4 is 11.6 Å². The summed E-state index contributed by atoms with van der Waals surface area (Å²) in [4.78, 5) is 0. The van der Waals surface area contributed by atoms with Gasteiger partial charge in [0.15, 0.2) is 0 Å². The first-order valence-electron chi connectivity index (χ1n) is 6.22. The molecule has 4 heteroatoms. The van der Waals surface area contributed by atoms with Crippen LogP contribution >= 0.6 is 11.6 Å². The van der Waals surface area contributed by atoms with Crippen molar-refractivity contribution in [2.75, 3.05) is 6.54 Å². The third kappa shape index (κ3) is 3.71.